The molecule has 0 aromatic heterocycles. The quantitative estimate of drug-likeness (QED) is 0.252. The Kier molecular flexibility index (Phi) is 16.2. The molecule has 2 bridgehead atoms. The van der Waals surface area contributed by atoms with Crippen molar-refractivity contribution in [2.75, 3.05) is 40.4 Å². The first-order chi connectivity index (χ1) is 17.1. The Morgan fingerprint density at radius 3 is 1.43 bits per heavy atom. The van der Waals surface area contributed by atoms with E-state index in [1.807, 2.05) is 0 Å². The van der Waals surface area contributed by atoms with Gasteiger partial charge in [-0.15, -0.1) is 0 Å². The minimum absolute atomic E-state index is 0.0771. The van der Waals surface area contributed by atoms with Crippen LogP contribution >= 0.6 is 0 Å². The van der Waals surface area contributed by atoms with Crippen LogP contribution in [0.5, 0.6) is 11.5 Å². The summed E-state index contributed by atoms with van der Waals surface area (Å²) in [7, 11) is 4.39. The predicted octanol–water partition coefficient (Wildman–Crippen LogP) is 7.49. The number of ether oxygens (including phenoxy) is 3. The monoisotopic (exact) mass is 490 g/mol. The molecule has 0 saturated heterocycles. The highest BCUT2D eigenvalue weighted by Crippen LogP contribution is 2.24. The van der Waals surface area contributed by atoms with E-state index in [0.29, 0.717) is 0 Å². The second-order valence-corrected chi connectivity index (χ2v) is 10.3. The smallest absolute Gasteiger partial charge is 0.152 e. The molecule has 0 N–H and O–H groups in total. The number of rotatable bonds is 14. The number of hydrogen-bond donors (Lipinski definition) is 0. The molecule has 5 heteroatoms. The van der Waals surface area contributed by atoms with Crippen LogP contribution in [0.2, 0.25) is 0 Å². The molecule has 0 amide bonds. The summed E-state index contributed by atoms with van der Waals surface area (Å²) in [5.74, 6) is 1.83. The third-order valence-electron chi connectivity index (χ3n) is 7.06. The van der Waals surface area contributed by atoms with Gasteiger partial charge in [-0.05, 0) is 64.0 Å². The average molecular weight is 491 g/mol. The third kappa shape index (κ3) is 13.0. The van der Waals surface area contributed by atoms with Crippen LogP contribution in [0.4, 0.5) is 0 Å². The summed E-state index contributed by atoms with van der Waals surface area (Å²) in [5, 5.41) is 0. The zero-order valence-electron chi connectivity index (χ0n) is 23.3. The molecule has 3 rings (SSSR count). The number of benzene rings is 1. The molecule has 2 unspecified atom stereocenters. The first-order valence-corrected chi connectivity index (χ1v) is 14.6. The van der Waals surface area contributed by atoms with Gasteiger partial charge in [0, 0.05) is 39.1 Å². The van der Waals surface area contributed by atoms with E-state index in [2.05, 4.69) is 62.0 Å². The van der Waals surface area contributed by atoms with Crippen LogP contribution in [-0.2, 0) is 4.74 Å². The van der Waals surface area contributed by atoms with E-state index < -0.39 is 0 Å². The van der Waals surface area contributed by atoms with Crippen LogP contribution < -0.4 is 9.47 Å². The summed E-state index contributed by atoms with van der Waals surface area (Å²) in [6.45, 7) is 8.27. The molecule has 202 valence electrons. The summed E-state index contributed by atoms with van der Waals surface area (Å²) in [6.07, 6.45) is 17.1. The SMILES string of the molecule is CCCCCCCN(C)C1CCCOCCCC(N(C)CCCCCCC)Oc2ccc(cc2)O1. The van der Waals surface area contributed by atoms with E-state index in [1.165, 1.54) is 64.2 Å². The van der Waals surface area contributed by atoms with Gasteiger partial charge in [-0.2, -0.15) is 0 Å². The maximum absolute atomic E-state index is 6.45. The second kappa shape index (κ2) is 18.9. The Hall–Kier alpha value is -1.30. The highest BCUT2D eigenvalue weighted by Gasteiger charge is 2.19. The maximum Gasteiger partial charge on any atom is 0.152 e. The van der Waals surface area contributed by atoms with Gasteiger partial charge in [-0.1, -0.05) is 65.2 Å². The fourth-order valence-electron chi connectivity index (χ4n) is 4.69. The lowest BCUT2D eigenvalue weighted by Gasteiger charge is -2.29. The minimum atomic E-state index is 0.0771. The molecule has 0 saturated carbocycles. The van der Waals surface area contributed by atoms with Crippen molar-refractivity contribution >= 4 is 0 Å². The Morgan fingerprint density at radius 2 is 1.03 bits per heavy atom. The Balaban J connectivity index is 1.94. The minimum Gasteiger partial charge on any atom is -0.475 e. The summed E-state index contributed by atoms with van der Waals surface area (Å²) < 4.78 is 18.9. The predicted molar refractivity (Wildman–Crippen MR) is 147 cm³/mol. The highest BCUT2D eigenvalue weighted by molar-refractivity contribution is 5.31. The largest absolute Gasteiger partial charge is 0.475 e. The number of hydrogen-bond acceptors (Lipinski definition) is 5. The van der Waals surface area contributed by atoms with Crippen molar-refractivity contribution in [2.45, 2.75) is 116 Å². The molecule has 2 heterocycles. The van der Waals surface area contributed by atoms with Crippen molar-refractivity contribution in [1.82, 2.24) is 9.80 Å². The molecule has 1 aromatic rings. The van der Waals surface area contributed by atoms with Gasteiger partial charge in [0.15, 0.2) is 12.5 Å². The van der Waals surface area contributed by atoms with Crippen LogP contribution in [0.1, 0.15) is 104 Å². The third-order valence-corrected chi connectivity index (χ3v) is 7.06. The molecular formula is C30H54N2O3. The Morgan fingerprint density at radius 1 is 0.629 bits per heavy atom. The summed E-state index contributed by atoms with van der Waals surface area (Å²) in [6, 6.07) is 8.26. The van der Waals surface area contributed by atoms with E-state index in [1.54, 1.807) is 0 Å². The molecule has 2 aliphatic heterocycles. The zero-order valence-corrected chi connectivity index (χ0v) is 23.3. The molecule has 35 heavy (non-hydrogen) atoms. The van der Waals surface area contributed by atoms with Crippen molar-refractivity contribution in [3.63, 3.8) is 0 Å². The highest BCUT2D eigenvalue weighted by atomic mass is 16.5. The molecule has 2 atom stereocenters. The molecule has 0 spiro atoms. The molecule has 0 radical (unpaired) electrons. The summed E-state index contributed by atoms with van der Waals surface area (Å²) in [5.41, 5.74) is 0. The van der Waals surface area contributed by atoms with Crippen molar-refractivity contribution < 1.29 is 14.2 Å². The Bertz CT molecular complexity index is 572. The number of nitrogens with zero attached hydrogens (tertiary/aromatic N) is 2. The molecule has 1 aromatic carbocycles. The summed E-state index contributed by atoms with van der Waals surface area (Å²) >= 11 is 0. The lowest BCUT2D eigenvalue weighted by Crippen LogP contribution is -2.37. The molecule has 2 aliphatic rings. The lowest BCUT2D eigenvalue weighted by molar-refractivity contribution is 0.0199. The standard InChI is InChI=1S/C30H54N2O3/c1-5-7-9-11-13-23-31(3)29-17-15-25-33-26-16-18-30(32(4)24-14-12-10-8-6-2)35-28-21-19-27(34-29)20-22-28/h19-22,29-30H,5-18,23-26H2,1-4H3. The van der Waals surface area contributed by atoms with Crippen LogP contribution in [0.25, 0.3) is 0 Å². The fourth-order valence-corrected chi connectivity index (χ4v) is 4.69. The van der Waals surface area contributed by atoms with Gasteiger partial charge in [0.25, 0.3) is 0 Å². The molecule has 0 fully saturated rings. The van der Waals surface area contributed by atoms with Gasteiger partial charge in [0.1, 0.15) is 11.5 Å². The van der Waals surface area contributed by atoms with Gasteiger partial charge >= 0.3 is 0 Å². The second-order valence-electron chi connectivity index (χ2n) is 10.3. The van der Waals surface area contributed by atoms with E-state index in [4.69, 9.17) is 14.2 Å². The van der Waals surface area contributed by atoms with E-state index in [9.17, 15) is 0 Å². The average Bonchev–Trinajstić information content (AvgIpc) is 2.88. The number of unbranched alkanes of at least 4 members (excludes halogenated alkanes) is 8. The van der Waals surface area contributed by atoms with Crippen LogP contribution in [0.15, 0.2) is 24.3 Å². The molecular weight excluding hydrogens is 436 g/mol. The van der Waals surface area contributed by atoms with Crippen molar-refractivity contribution in [3.05, 3.63) is 24.3 Å². The summed E-state index contributed by atoms with van der Waals surface area (Å²) in [4.78, 5) is 4.75. The molecule has 0 aliphatic carbocycles. The fraction of sp³-hybridized carbons (Fsp3) is 0.800. The van der Waals surface area contributed by atoms with E-state index in [0.717, 1.165) is 63.5 Å². The maximum atomic E-state index is 6.45. The van der Waals surface area contributed by atoms with Crippen molar-refractivity contribution in [2.24, 2.45) is 0 Å². The van der Waals surface area contributed by atoms with Crippen LogP contribution in [0.3, 0.4) is 0 Å². The molecule has 5 nitrogen and oxygen atoms in total. The van der Waals surface area contributed by atoms with Crippen molar-refractivity contribution in [1.29, 1.82) is 0 Å². The van der Waals surface area contributed by atoms with Crippen LogP contribution in [0, 0.1) is 0 Å². The van der Waals surface area contributed by atoms with Crippen molar-refractivity contribution in [3.8, 4) is 11.5 Å². The zero-order chi connectivity index (χ0) is 25.1. The van der Waals surface area contributed by atoms with Gasteiger partial charge in [-0.3, -0.25) is 9.80 Å². The van der Waals surface area contributed by atoms with Gasteiger partial charge in [0.05, 0.1) is 0 Å². The topological polar surface area (TPSA) is 34.2 Å². The van der Waals surface area contributed by atoms with Gasteiger partial charge < -0.3 is 14.2 Å². The lowest BCUT2D eigenvalue weighted by atomic mass is 10.1. The number of fused-ring (bicyclic) bond motifs is 12. The normalized spacial score (nSPS) is 19.8. The van der Waals surface area contributed by atoms with Crippen LogP contribution in [-0.4, -0.2) is 62.7 Å². The van der Waals surface area contributed by atoms with E-state index in [-0.39, 0.29) is 12.5 Å². The first-order valence-electron chi connectivity index (χ1n) is 14.6. The van der Waals surface area contributed by atoms with E-state index >= 15 is 0 Å². The van der Waals surface area contributed by atoms with Gasteiger partial charge in [-0.25, -0.2) is 0 Å². The Labute approximate surface area is 216 Å². The van der Waals surface area contributed by atoms with Gasteiger partial charge in [0.2, 0.25) is 0 Å². The first kappa shape index (κ1) is 29.9.